The normalized spacial score (nSPS) is 13.1. The average Bonchev–Trinajstić information content (AvgIpc) is 3.21. The molecule has 7 nitrogen and oxygen atoms in total. The molecule has 3 aromatic rings. The molecule has 4 rings (SSSR count). The van der Waals surface area contributed by atoms with Crippen LogP contribution in [0.25, 0.3) is 22.2 Å². The minimum absolute atomic E-state index is 0.178. The Kier molecular flexibility index (Phi) is 6.39. The zero-order chi connectivity index (χ0) is 22.5. The molecule has 0 atom stereocenters. The fraction of sp³-hybridized carbons (Fsp3) is 0.250. The SMILES string of the molecule is CCOc1cc(-c2ccc(F)cc2)nc2cc(C(=O)NCCCC3=NN=C(N)C3)ccc12. The largest absolute Gasteiger partial charge is 0.493 e. The van der Waals surface area contributed by atoms with Crippen LogP contribution in [-0.2, 0) is 0 Å². The van der Waals surface area contributed by atoms with Crippen molar-refractivity contribution in [1.82, 2.24) is 10.3 Å². The van der Waals surface area contributed by atoms with Gasteiger partial charge in [0.25, 0.3) is 5.91 Å². The lowest BCUT2D eigenvalue weighted by atomic mass is 10.1. The Morgan fingerprint density at radius 3 is 2.69 bits per heavy atom. The topological polar surface area (TPSA) is 102 Å². The molecule has 8 heteroatoms. The van der Waals surface area contributed by atoms with Gasteiger partial charge in [-0.1, -0.05) is 0 Å². The van der Waals surface area contributed by atoms with Crippen LogP contribution in [0.15, 0.2) is 58.7 Å². The summed E-state index contributed by atoms with van der Waals surface area (Å²) in [7, 11) is 0. The zero-order valence-corrected chi connectivity index (χ0v) is 17.8. The highest BCUT2D eigenvalue weighted by molar-refractivity contribution is 6.05. The van der Waals surface area contributed by atoms with Crippen LogP contribution in [0.4, 0.5) is 4.39 Å². The van der Waals surface area contributed by atoms with E-state index in [4.69, 9.17) is 15.5 Å². The minimum atomic E-state index is -0.311. The first-order valence-electron chi connectivity index (χ1n) is 10.5. The van der Waals surface area contributed by atoms with Crippen LogP contribution in [0.5, 0.6) is 5.75 Å². The smallest absolute Gasteiger partial charge is 0.251 e. The number of halogens is 1. The maximum absolute atomic E-state index is 13.3. The first-order chi connectivity index (χ1) is 15.5. The molecule has 0 spiro atoms. The Balaban J connectivity index is 1.51. The van der Waals surface area contributed by atoms with Gasteiger partial charge in [-0.15, -0.1) is 5.10 Å². The van der Waals surface area contributed by atoms with Gasteiger partial charge in [0.15, 0.2) is 0 Å². The predicted molar refractivity (Wildman–Crippen MR) is 124 cm³/mol. The van der Waals surface area contributed by atoms with Crippen LogP contribution in [0, 0.1) is 5.82 Å². The molecule has 1 aromatic heterocycles. The molecule has 164 valence electrons. The van der Waals surface area contributed by atoms with Crippen LogP contribution in [-0.4, -0.2) is 35.6 Å². The number of nitrogens with one attached hydrogen (secondary N) is 1. The van der Waals surface area contributed by atoms with E-state index in [0.29, 0.717) is 47.9 Å². The number of benzene rings is 2. The number of hydrogen-bond acceptors (Lipinski definition) is 6. The van der Waals surface area contributed by atoms with Crippen molar-refractivity contribution in [3.8, 4) is 17.0 Å². The van der Waals surface area contributed by atoms with Gasteiger partial charge in [0, 0.05) is 41.3 Å². The summed E-state index contributed by atoms with van der Waals surface area (Å²) >= 11 is 0. The second-order valence-corrected chi connectivity index (χ2v) is 7.47. The standard InChI is InChI=1S/C24H24FN5O2/c1-2-32-22-14-20(15-5-8-17(25)9-6-15)28-21-12-16(7-10-19(21)22)24(31)27-11-3-4-18-13-23(26)30-29-18/h5-10,12,14H,2-4,11,13H2,1H3,(H2,26,30)(H,27,31). The Morgan fingerprint density at radius 1 is 1.16 bits per heavy atom. The van der Waals surface area contributed by atoms with Crippen LogP contribution in [0.3, 0.4) is 0 Å². The fourth-order valence-electron chi connectivity index (χ4n) is 3.53. The summed E-state index contributed by atoms with van der Waals surface area (Å²) in [5.41, 5.74) is 9.11. The second kappa shape index (κ2) is 9.55. The Bertz CT molecular complexity index is 1200. The predicted octanol–water partition coefficient (Wildman–Crippen LogP) is 4.07. The van der Waals surface area contributed by atoms with Gasteiger partial charge in [-0.3, -0.25) is 4.79 Å². The highest BCUT2D eigenvalue weighted by Crippen LogP contribution is 2.31. The molecule has 2 aromatic carbocycles. The molecule has 0 unspecified atom stereocenters. The van der Waals surface area contributed by atoms with E-state index < -0.39 is 0 Å². The van der Waals surface area contributed by atoms with Crippen LogP contribution >= 0.6 is 0 Å². The van der Waals surface area contributed by atoms with E-state index in [-0.39, 0.29) is 11.7 Å². The maximum atomic E-state index is 13.3. The number of rotatable bonds is 8. The first kappa shape index (κ1) is 21.4. The molecular weight excluding hydrogens is 409 g/mol. The van der Waals surface area contributed by atoms with Gasteiger partial charge in [-0.2, -0.15) is 5.10 Å². The maximum Gasteiger partial charge on any atom is 0.251 e. The van der Waals surface area contributed by atoms with Crippen molar-refractivity contribution in [2.24, 2.45) is 15.9 Å². The lowest BCUT2D eigenvalue weighted by Gasteiger charge is -2.12. The van der Waals surface area contributed by atoms with E-state index >= 15 is 0 Å². The summed E-state index contributed by atoms with van der Waals surface area (Å²) in [6.45, 7) is 2.92. The van der Waals surface area contributed by atoms with Gasteiger partial charge in [0.05, 0.1) is 17.8 Å². The third kappa shape index (κ3) is 4.91. The zero-order valence-electron chi connectivity index (χ0n) is 17.8. The van der Waals surface area contributed by atoms with Crippen molar-refractivity contribution >= 4 is 28.4 Å². The van der Waals surface area contributed by atoms with E-state index in [2.05, 4.69) is 15.5 Å². The summed E-state index contributed by atoms with van der Waals surface area (Å²) in [5, 5.41) is 11.6. The number of hydrogen-bond donors (Lipinski definition) is 2. The van der Waals surface area contributed by atoms with Gasteiger partial charge in [0.1, 0.15) is 17.4 Å². The van der Waals surface area contributed by atoms with Crippen molar-refractivity contribution in [3.63, 3.8) is 0 Å². The highest BCUT2D eigenvalue weighted by Gasteiger charge is 2.13. The van der Waals surface area contributed by atoms with Crippen molar-refractivity contribution < 1.29 is 13.9 Å². The van der Waals surface area contributed by atoms with E-state index in [1.165, 1.54) is 12.1 Å². The Hall–Kier alpha value is -3.81. The lowest BCUT2D eigenvalue weighted by molar-refractivity contribution is 0.0953. The number of nitrogens with zero attached hydrogens (tertiary/aromatic N) is 3. The number of fused-ring (bicyclic) bond motifs is 1. The number of nitrogens with two attached hydrogens (primary N) is 1. The molecule has 32 heavy (non-hydrogen) atoms. The second-order valence-electron chi connectivity index (χ2n) is 7.47. The number of amides is 1. The van der Waals surface area contributed by atoms with Gasteiger partial charge < -0.3 is 15.8 Å². The quantitative estimate of drug-likeness (QED) is 0.523. The molecule has 3 N–H and O–H groups in total. The molecule has 0 bridgehead atoms. The number of amidine groups is 1. The van der Waals surface area contributed by atoms with Gasteiger partial charge in [0.2, 0.25) is 0 Å². The third-order valence-electron chi connectivity index (χ3n) is 5.11. The third-order valence-corrected chi connectivity index (χ3v) is 5.11. The molecule has 2 heterocycles. The molecule has 1 amide bonds. The summed E-state index contributed by atoms with van der Waals surface area (Å²) in [4.78, 5) is 17.3. The molecule has 1 aliphatic heterocycles. The number of carbonyl (C=O) groups excluding carboxylic acids is 1. The number of ether oxygens (including phenoxy) is 1. The fourth-order valence-corrected chi connectivity index (χ4v) is 3.53. The first-order valence-corrected chi connectivity index (χ1v) is 10.5. The lowest BCUT2D eigenvalue weighted by Crippen LogP contribution is -2.25. The molecule has 0 saturated carbocycles. The van der Waals surface area contributed by atoms with Crippen LogP contribution in [0.1, 0.15) is 36.5 Å². The molecule has 0 radical (unpaired) electrons. The van der Waals surface area contributed by atoms with Crippen molar-refractivity contribution in [1.29, 1.82) is 0 Å². The summed E-state index contributed by atoms with van der Waals surface area (Å²) in [5.74, 6) is 0.708. The molecule has 0 fully saturated rings. The summed E-state index contributed by atoms with van der Waals surface area (Å²) < 4.78 is 19.1. The molecule has 0 saturated heterocycles. The number of aromatic nitrogens is 1. The molecule has 1 aliphatic rings. The molecule has 0 aliphatic carbocycles. The number of carbonyl (C=O) groups is 1. The number of pyridine rings is 1. The molecular formula is C24H24FN5O2. The average molecular weight is 433 g/mol. The Labute approximate surface area is 185 Å². The van der Waals surface area contributed by atoms with E-state index in [1.54, 1.807) is 24.3 Å². The monoisotopic (exact) mass is 433 g/mol. The summed E-state index contributed by atoms with van der Waals surface area (Å²) in [6.07, 6.45) is 2.09. The van der Waals surface area contributed by atoms with Gasteiger partial charge in [-0.25, -0.2) is 9.37 Å². The van der Waals surface area contributed by atoms with E-state index in [0.717, 1.165) is 29.5 Å². The Morgan fingerprint density at radius 2 is 1.97 bits per heavy atom. The van der Waals surface area contributed by atoms with Gasteiger partial charge >= 0.3 is 0 Å². The van der Waals surface area contributed by atoms with Crippen LogP contribution in [0.2, 0.25) is 0 Å². The highest BCUT2D eigenvalue weighted by atomic mass is 19.1. The van der Waals surface area contributed by atoms with E-state index in [9.17, 15) is 9.18 Å². The minimum Gasteiger partial charge on any atom is -0.493 e. The van der Waals surface area contributed by atoms with Gasteiger partial charge in [-0.05, 0) is 62.2 Å². The van der Waals surface area contributed by atoms with Crippen molar-refractivity contribution in [3.05, 3.63) is 59.9 Å². The van der Waals surface area contributed by atoms with Crippen molar-refractivity contribution in [2.45, 2.75) is 26.2 Å². The van der Waals surface area contributed by atoms with Crippen molar-refractivity contribution in [2.75, 3.05) is 13.2 Å². The van der Waals surface area contributed by atoms with Crippen LogP contribution < -0.4 is 15.8 Å². The van der Waals surface area contributed by atoms with E-state index in [1.807, 2.05) is 19.1 Å². The summed E-state index contributed by atoms with van der Waals surface area (Å²) in [6, 6.07) is 13.3.